The highest BCUT2D eigenvalue weighted by Crippen LogP contribution is 2.46. The molecule has 36 heavy (non-hydrogen) atoms. The van der Waals surface area contributed by atoms with Crippen LogP contribution >= 0.6 is 11.3 Å². The molecule has 1 nitrogen and oxygen atoms in total. The molecule has 0 fully saturated rings. The van der Waals surface area contributed by atoms with Crippen molar-refractivity contribution in [3.63, 3.8) is 0 Å². The van der Waals surface area contributed by atoms with E-state index in [2.05, 4.69) is 121 Å². The molecule has 168 valence electrons. The van der Waals surface area contributed by atoms with E-state index < -0.39 is 0 Å². The zero-order valence-corrected chi connectivity index (χ0v) is 20.2. The highest BCUT2D eigenvalue weighted by molar-refractivity contribution is 7.25. The fraction of sp³-hybridized carbons (Fsp3) is 0. The van der Waals surface area contributed by atoms with Crippen molar-refractivity contribution >= 4 is 64.2 Å². The molecule has 0 atom stereocenters. The molecule has 8 rings (SSSR count). The Kier molecular flexibility index (Phi) is 4.16. The Balaban J connectivity index is 1.47. The Morgan fingerprint density at radius 2 is 1.00 bits per heavy atom. The van der Waals surface area contributed by atoms with Gasteiger partial charge < -0.3 is 4.42 Å². The van der Waals surface area contributed by atoms with Crippen molar-refractivity contribution in [2.75, 3.05) is 0 Å². The van der Waals surface area contributed by atoms with Crippen LogP contribution in [0.15, 0.2) is 126 Å². The molecular formula is C34H20OS. The average molecular weight is 477 g/mol. The van der Waals surface area contributed by atoms with Gasteiger partial charge >= 0.3 is 0 Å². The van der Waals surface area contributed by atoms with E-state index in [0.717, 1.165) is 10.5 Å². The highest BCUT2D eigenvalue weighted by atomic mass is 32.1. The van der Waals surface area contributed by atoms with Crippen molar-refractivity contribution in [1.82, 2.24) is 0 Å². The lowest BCUT2D eigenvalue weighted by molar-refractivity contribution is 0.678. The Hall–Kier alpha value is -4.40. The summed E-state index contributed by atoms with van der Waals surface area (Å²) in [7, 11) is 0. The Labute approximate surface area is 211 Å². The molecule has 8 aromatic rings. The van der Waals surface area contributed by atoms with Crippen molar-refractivity contribution in [1.29, 1.82) is 0 Å². The quantitative estimate of drug-likeness (QED) is 0.226. The van der Waals surface area contributed by atoms with Gasteiger partial charge in [0.1, 0.15) is 5.58 Å². The molecule has 6 aromatic carbocycles. The van der Waals surface area contributed by atoms with Gasteiger partial charge in [0.2, 0.25) is 0 Å². The molecule has 0 saturated carbocycles. The van der Waals surface area contributed by atoms with Crippen molar-refractivity contribution in [2.45, 2.75) is 0 Å². The van der Waals surface area contributed by atoms with Gasteiger partial charge in [-0.3, -0.25) is 0 Å². The Morgan fingerprint density at radius 3 is 1.67 bits per heavy atom. The first-order valence-corrected chi connectivity index (χ1v) is 13.0. The van der Waals surface area contributed by atoms with E-state index in [-0.39, 0.29) is 0 Å². The second-order valence-electron chi connectivity index (χ2n) is 9.28. The summed E-state index contributed by atoms with van der Waals surface area (Å²) in [4.78, 5) is 0.998. The Morgan fingerprint density at radius 1 is 0.444 bits per heavy atom. The van der Waals surface area contributed by atoms with Crippen molar-refractivity contribution in [3.8, 4) is 22.3 Å². The standard InChI is InChI=1S/C34H20OS/c1-2-10-21(11-3-1)31-23-12-4-6-14-25(23)32(26-15-7-5-13-24(26)31)22-18-19-27-29(20-22)35-34-33(27)28-16-8-9-17-30(28)36-34/h1-20H. The molecule has 2 heterocycles. The summed E-state index contributed by atoms with van der Waals surface area (Å²) >= 11 is 1.73. The minimum absolute atomic E-state index is 0.944. The monoisotopic (exact) mass is 476 g/mol. The number of rotatable bonds is 2. The number of thiophene rings is 1. The van der Waals surface area contributed by atoms with Gasteiger partial charge in [-0.1, -0.05) is 114 Å². The second kappa shape index (κ2) is 7.55. The molecule has 0 aliphatic heterocycles. The van der Waals surface area contributed by atoms with Gasteiger partial charge in [-0.15, -0.1) is 0 Å². The maximum absolute atomic E-state index is 6.44. The average Bonchev–Trinajstić information content (AvgIpc) is 3.47. The van der Waals surface area contributed by atoms with E-state index in [1.165, 1.54) is 64.7 Å². The fourth-order valence-corrected chi connectivity index (χ4v) is 6.85. The van der Waals surface area contributed by atoms with E-state index >= 15 is 0 Å². The fourth-order valence-electron chi connectivity index (χ4n) is 5.77. The first kappa shape index (κ1) is 19.9. The Bertz CT molecular complexity index is 2040. The predicted molar refractivity (Wildman–Crippen MR) is 155 cm³/mol. The van der Waals surface area contributed by atoms with Crippen LogP contribution in [0.2, 0.25) is 0 Å². The van der Waals surface area contributed by atoms with Gasteiger partial charge in [-0.2, -0.15) is 0 Å². The van der Waals surface area contributed by atoms with Gasteiger partial charge in [-0.25, -0.2) is 0 Å². The molecule has 0 radical (unpaired) electrons. The highest BCUT2D eigenvalue weighted by Gasteiger charge is 2.18. The third-order valence-electron chi connectivity index (χ3n) is 7.30. The van der Waals surface area contributed by atoms with Crippen LogP contribution in [0.3, 0.4) is 0 Å². The number of furan rings is 1. The van der Waals surface area contributed by atoms with Gasteiger partial charge in [0, 0.05) is 20.9 Å². The molecule has 0 amide bonds. The SMILES string of the molecule is c1ccc(-c2c3ccccc3c(-c3ccc4c(c3)oc3sc5ccccc5c34)c3ccccc23)cc1. The van der Waals surface area contributed by atoms with Crippen molar-refractivity contribution < 1.29 is 4.42 Å². The third-order valence-corrected chi connectivity index (χ3v) is 8.35. The first-order valence-electron chi connectivity index (χ1n) is 12.2. The van der Waals surface area contributed by atoms with Crippen LogP contribution in [-0.4, -0.2) is 0 Å². The van der Waals surface area contributed by atoms with Crippen LogP contribution in [0.4, 0.5) is 0 Å². The molecular weight excluding hydrogens is 456 g/mol. The van der Waals surface area contributed by atoms with Crippen molar-refractivity contribution in [3.05, 3.63) is 121 Å². The van der Waals surface area contributed by atoms with Crippen LogP contribution in [0, 0.1) is 0 Å². The van der Waals surface area contributed by atoms with Gasteiger partial charge in [0.25, 0.3) is 0 Å². The summed E-state index contributed by atoms with van der Waals surface area (Å²) in [5.41, 5.74) is 5.91. The second-order valence-corrected chi connectivity index (χ2v) is 10.3. The lowest BCUT2D eigenvalue weighted by Crippen LogP contribution is -1.90. The lowest BCUT2D eigenvalue weighted by Gasteiger charge is -2.17. The molecule has 0 spiro atoms. The summed E-state index contributed by atoms with van der Waals surface area (Å²) in [5.74, 6) is 0. The van der Waals surface area contributed by atoms with E-state index in [0.29, 0.717) is 0 Å². The molecule has 0 aliphatic rings. The normalized spacial score (nSPS) is 11.9. The zero-order valence-electron chi connectivity index (χ0n) is 19.4. The van der Waals surface area contributed by atoms with Crippen LogP contribution in [-0.2, 0) is 0 Å². The third kappa shape index (κ3) is 2.76. The van der Waals surface area contributed by atoms with Crippen LogP contribution in [0.25, 0.3) is 75.1 Å². The number of fused-ring (bicyclic) bond motifs is 7. The van der Waals surface area contributed by atoms with Crippen LogP contribution in [0.5, 0.6) is 0 Å². The van der Waals surface area contributed by atoms with Crippen LogP contribution in [0.1, 0.15) is 0 Å². The van der Waals surface area contributed by atoms with Gasteiger partial charge in [-0.05, 0) is 62.0 Å². The van der Waals surface area contributed by atoms with Gasteiger partial charge in [0.15, 0.2) is 4.90 Å². The largest absolute Gasteiger partial charge is 0.445 e. The van der Waals surface area contributed by atoms with E-state index in [9.17, 15) is 0 Å². The molecule has 0 bridgehead atoms. The first-order chi connectivity index (χ1) is 17.9. The summed E-state index contributed by atoms with van der Waals surface area (Å²) in [5, 5.41) is 8.73. The number of hydrogen-bond acceptors (Lipinski definition) is 2. The maximum atomic E-state index is 6.44. The predicted octanol–water partition coefficient (Wildman–Crippen LogP) is 10.4. The minimum atomic E-state index is 0.944. The number of hydrogen-bond donors (Lipinski definition) is 0. The van der Waals surface area contributed by atoms with E-state index in [1.54, 1.807) is 11.3 Å². The lowest BCUT2D eigenvalue weighted by atomic mass is 9.86. The maximum Gasteiger partial charge on any atom is 0.190 e. The molecule has 0 saturated heterocycles. The number of benzene rings is 6. The molecule has 2 aromatic heterocycles. The molecule has 0 unspecified atom stereocenters. The minimum Gasteiger partial charge on any atom is -0.445 e. The zero-order chi connectivity index (χ0) is 23.6. The van der Waals surface area contributed by atoms with Gasteiger partial charge in [0.05, 0.1) is 0 Å². The van der Waals surface area contributed by atoms with E-state index in [4.69, 9.17) is 4.42 Å². The summed E-state index contributed by atoms with van der Waals surface area (Å²) < 4.78 is 7.70. The van der Waals surface area contributed by atoms with Crippen molar-refractivity contribution in [2.24, 2.45) is 0 Å². The summed E-state index contributed by atoms with van der Waals surface area (Å²) in [6.07, 6.45) is 0. The molecule has 0 N–H and O–H groups in total. The van der Waals surface area contributed by atoms with Crippen LogP contribution < -0.4 is 0 Å². The summed E-state index contributed by atoms with van der Waals surface area (Å²) in [6, 6.07) is 43.6. The molecule has 0 aliphatic carbocycles. The molecule has 2 heteroatoms. The topological polar surface area (TPSA) is 13.1 Å². The summed E-state index contributed by atoms with van der Waals surface area (Å²) in [6.45, 7) is 0. The smallest absolute Gasteiger partial charge is 0.190 e. The van der Waals surface area contributed by atoms with E-state index in [1.807, 2.05) is 0 Å².